The summed E-state index contributed by atoms with van der Waals surface area (Å²) in [5, 5.41) is 2.57. The van der Waals surface area contributed by atoms with Crippen molar-refractivity contribution in [3.05, 3.63) is 29.6 Å². The number of nitrogens with one attached hydrogen (secondary N) is 1. The minimum atomic E-state index is -0.406. The fourth-order valence-corrected chi connectivity index (χ4v) is 1.94. The van der Waals surface area contributed by atoms with Gasteiger partial charge in [-0.3, -0.25) is 4.79 Å². The third-order valence-electron chi connectivity index (χ3n) is 2.89. The van der Waals surface area contributed by atoms with E-state index in [0.29, 0.717) is 17.8 Å². The van der Waals surface area contributed by atoms with Crippen LogP contribution in [-0.2, 0) is 4.79 Å². The van der Waals surface area contributed by atoms with Crippen LogP contribution in [0.5, 0.6) is 0 Å². The Morgan fingerprint density at radius 3 is 2.68 bits per heavy atom. The van der Waals surface area contributed by atoms with E-state index in [1.165, 1.54) is 6.07 Å². The molecule has 3 N–H and O–H groups in total. The molecule has 1 unspecified atom stereocenters. The van der Waals surface area contributed by atoms with Crippen LogP contribution in [0.1, 0.15) is 12.5 Å². The quantitative estimate of drug-likeness (QED) is 0.799. The molecule has 1 aromatic carbocycles. The number of carbonyl (C=O) groups is 1. The molecule has 0 radical (unpaired) electrons. The summed E-state index contributed by atoms with van der Waals surface area (Å²) in [6.07, 6.45) is 0. The largest absolute Gasteiger partial charge is 0.389 e. The van der Waals surface area contributed by atoms with Gasteiger partial charge in [-0.2, -0.15) is 0 Å². The first-order valence-corrected chi connectivity index (χ1v) is 6.29. The molecule has 0 bridgehead atoms. The molecule has 1 aromatic rings. The van der Waals surface area contributed by atoms with Crippen LogP contribution < -0.4 is 16.0 Å². The number of nitrogens with two attached hydrogens (primary N) is 1. The summed E-state index contributed by atoms with van der Waals surface area (Å²) in [6.45, 7) is 2.21. The molecule has 19 heavy (non-hydrogen) atoms. The van der Waals surface area contributed by atoms with E-state index in [1.54, 1.807) is 38.1 Å². The van der Waals surface area contributed by atoms with Gasteiger partial charge in [0.2, 0.25) is 5.91 Å². The second kappa shape index (κ2) is 6.47. The molecule has 0 heterocycles. The van der Waals surface area contributed by atoms with Crippen molar-refractivity contribution in [2.45, 2.75) is 6.92 Å². The van der Waals surface area contributed by atoms with Crippen molar-refractivity contribution in [3.8, 4) is 0 Å². The maximum Gasteiger partial charge on any atom is 0.224 e. The first-order valence-electron chi connectivity index (χ1n) is 5.89. The van der Waals surface area contributed by atoms with E-state index in [-0.39, 0.29) is 16.8 Å². The molecule has 0 aliphatic heterocycles. The van der Waals surface area contributed by atoms with Crippen LogP contribution in [0.2, 0.25) is 0 Å². The monoisotopic (exact) mass is 283 g/mol. The third kappa shape index (κ3) is 3.89. The molecule has 0 fully saturated rings. The Morgan fingerprint density at radius 2 is 2.21 bits per heavy atom. The van der Waals surface area contributed by atoms with Crippen LogP contribution in [0.15, 0.2) is 18.2 Å². The van der Waals surface area contributed by atoms with Gasteiger partial charge in [-0.15, -0.1) is 0 Å². The first-order chi connectivity index (χ1) is 8.86. The summed E-state index contributed by atoms with van der Waals surface area (Å²) in [6, 6.07) is 4.58. The van der Waals surface area contributed by atoms with Crippen LogP contribution in [-0.4, -0.2) is 31.5 Å². The highest BCUT2D eigenvalue weighted by Gasteiger charge is 2.16. The van der Waals surface area contributed by atoms with E-state index < -0.39 is 5.82 Å². The lowest BCUT2D eigenvalue weighted by molar-refractivity contribution is -0.123. The van der Waals surface area contributed by atoms with Gasteiger partial charge >= 0.3 is 0 Å². The van der Waals surface area contributed by atoms with Crippen molar-refractivity contribution in [2.24, 2.45) is 11.7 Å². The third-order valence-corrected chi connectivity index (χ3v) is 3.12. The van der Waals surface area contributed by atoms with Crippen molar-refractivity contribution >= 4 is 28.8 Å². The molecule has 1 amide bonds. The standard InChI is InChI=1S/C13H18FN3OS/c1-8(13(18)16-2)7-17(3)11-5-4-9(12(15)19)6-10(11)14/h4-6,8H,7H2,1-3H3,(H2,15,19)(H,16,18). The topological polar surface area (TPSA) is 58.4 Å². The average molecular weight is 283 g/mol. The molecule has 4 nitrogen and oxygen atoms in total. The van der Waals surface area contributed by atoms with Gasteiger partial charge in [0, 0.05) is 26.2 Å². The number of thiocarbonyl (C=S) groups is 1. The minimum Gasteiger partial charge on any atom is -0.389 e. The van der Waals surface area contributed by atoms with Crippen LogP contribution in [0.3, 0.4) is 0 Å². The lowest BCUT2D eigenvalue weighted by atomic mass is 10.1. The maximum absolute atomic E-state index is 13.9. The number of hydrogen-bond donors (Lipinski definition) is 2. The van der Waals surface area contributed by atoms with E-state index in [2.05, 4.69) is 5.32 Å². The van der Waals surface area contributed by atoms with Gasteiger partial charge < -0.3 is 16.0 Å². The van der Waals surface area contributed by atoms with Crippen LogP contribution >= 0.6 is 12.2 Å². The summed E-state index contributed by atoms with van der Waals surface area (Å²) in [7, 11) is 3.31. The molecule has 0 saturated carbocycles. The van der Waals surface area contributed by atoms with Crippen LogP contribution in [0.25, 0.3) is 0 Å². The lowest BCUT2D eigenvalue weighted by Gasteiger charge is -2.23. The van der Waals surface area contributed by atoms with Crippen molar-refractivity contribution < 1.29 is 9.18 Å². The Balaban J connectivity index is 2.85. The number of rotatable bonds is 5. The Hall–Kier alpha value is -1.69. The predicted octanol–water partition coefficient (Wildman–Crippen LogP) is 1.28. The number of halogens is 1. The number of amides is 1. The van der Waals surface area contributed by atoms with Crippen LogP contribution in [0.4, 0.5) is 10.1 Å². The number of anilines is 1. The molecule has 0 aliphatic rings. The Bertz CT molecular complexity index is 493. The van der Waals surface area contributed by atoms with E-state index in [9.17, 15) is 9.18 Å². The highest BCUT2D eigenvalue weighted by molar-refractivity contribution is 7.80. The average Bonchev–Trinajstić information content (AvgIpc) is 2.37. The zero-order chi connectivity index (χ0) is 14.6. The van der Waals surface area contributed by atoms with E-state index in [0.717, 1.165) is 0 Å². The van der Waals surface area contributed by atoms with Gasteiger partial charge in [-0.05, 0) is 18.2 Å². The Morgan fingerprint density at radius 1 is 1.58 bits per heavy atom. The second-order valence-corrected chi connectivity index (χ2v) is 4.87. The molecule has 6 heteroatoms. The molecule has 0 aliphatic carbocycles. The molecule has 0 aromatic heterocycles. The summed E-state index contributed by atoms with van der Waals surface area (Å²) in [5.74, 6) is -0.714. The molecule has 0 saturated heterocycles. The van der Waals surface area contributed by atoms with Gasteiger partial charge in [0.05, 0.1) is 11.6 Å². The Kier molecular flexibility index (Phi) is 5.23. The molecular weight excluding hydrogens is 265 g/mol. The van der Waals surface area contributed by atoms with Gasteiger partial charge in [-0.1, -0.05) is 19.1 Å². The highest BCUT2D eigenvalue weighted by atomic mass is 32.1. The smallest absolute Gasteiger partial charge is 0.224 e. The summed E-state index contributed by atoms with van der Waals surface area (Å²) in [5.41, 5.74) is 6.35. The molecule has 1 rings (SSSR count). The molecule has 0 spiro atoms. The maximum atomic E-state index is 13.9. The van der Waals surface area contributed by atoms with E-state index in [4.69, 9.17) is 18.0 Å². The van der Waals surface area contributed by atoms with Gasteiger partial charge in [0.1, 0.15) is 10.8 Å². The van der Waals surface area contributed by atoms with Crippen molar-refractivity contribution in [1.29, 1.82) is 0 Å². The fourth-order valence-electron chi connectivity index (χ4n) is 1.81. The van der Waals surface area contributed by atoms with Gasteiger partial charge in [0.15, 0.2) is 0 Å². The highest BCUT2D eigenvalue weighted by Crippen LogP contribution is 2.20. The first kappa shape index (κ1) is 15.4. The Labute approximate surface area is 117 Å². The second-order valence-electron chi connectivity index (χ2n) is 4.43. The van der Waals surface area contributed by atoms with Gasteiger partial charge in [-0.25, -0.2) is 4.39 Å². The van der Waals surface area contributed by atoms with Crippen LogP contribution in [0, 0.1) is 11.7 Å². The number of benzene rings is 1. The fraction of sp³-hybridized carbons (Fsp3) is 0.385. The van der Waals surface area contributed by atoms with E-state index in [1.807, 2.05) is 0 Å². The molecular formula is C13H18FN3OS. The molecule has 104 valence electrons. The van der Waals surface area contributed by atoms with Gasteiger partial charge in [0.25, 0.3) is 0 Å². The normalized spacial score (nSPS) is 11.8. The van der Waals surface area contributed by atoms with Crippen molar-refractivity contribution in [3.63, 3.8) is 0 Å². The summed E-state index contributed by atoms with van der Waals surface area (Å²) in [4.78, 5) is 13.3. The number of nitrogens with zero attached hydrogens (tertiary/aromatic N) is 1. The number of hydrogen-bond acceptors (Lipinski definition) is 3. The zero-order valence-corrected chi connectivity index (χ0v) is 12.1. The molecule has 1 atom stereocenters. The number of carbonyl (C=O) groups excluding carboxylic acids is 1. The summed E-state index contributed by atoms with van der Waals surface area (Å²) >= 11 is 4.80. The predicted molar refractivity (Wildman–Crippen MR) is 78.8 cm³/mol. The summed E-state index contributed by atoms with van der Waals surface area (Å²) < 4.78 is 13.9. The van der Waals surface area contributed by atoms with Crippen molar-refractivity contribution in [2.75, 3.05) is 25.5 Å². The minimum absolute atomic E-state index is 0.0768. The van der Waals surface area contributed by atoms with Crippen molar-refractivity contribution in [1.82, 2.24) is 5.32 Å². The lowest BCUT2D eigenvalue weighted by Crippen LogP contribution is -2.34. The SMILES string of the molecule is CNC(=O)C(C)CN(C)c1ccc(C(N)=S)cc1F. The van der Waals surface area contributed by atoms with E-state index >= 15 is 0 Å². The zero-order valence-electron chi connectivity index (χ0n) is 11.2.